The second kappa shape index (κ2) is 5.15. The van der Waals surface area contributed by atoms with Gasteiger partial charge < -0.3 is 10.1 Å². The van der Waals surface area contributed by atoms with Crippen LogP contribution >= 0.6 is 0 Å². The van der Waals surface area contributed by atoms with Gasteiger partial charge in [-0.15, -0.1) is 0 Å². The second-order valence-corrected chi connectivity index (χ2v) is 4.12. The lowest BCUT2D eigenvalue weighted by Crippen LogP contribution is -1.99. The van der Waals surface area contributed by atoms with Crippen LogP contribution in [0, 0.1) is 6.92 Å². The van der Waals surface area contributed by atoms with Crippen molar-refractivity contribution in [2.75, 3.05) is 26.1 Å². The number of nitrogens with zero attached hydrogens (tertiary/aromatic N) is 1. The van der Waals surface area contributed by atoms with Gasteiger partial charge in [0.2, 0.25) is 0 Å². The standard InChI is InChI=1S/C14H18N2O/c1-10-9-13(15-2)12-6-4-5-11(7-8-17-3)14(12)16-10/h4-6,9H,7-8H2,1-3H3,(H,15,16). The third-order valence-corrected chi connectivity index (χ3v) is 2.90. The van der Waals surface area contributed by atoms with Crippen LogP contribution in [0.2, 0.25) is 0 Å². The SMILES string of the molecule is CNc1cc(C)nc2c(CCOC)cccc12. The maximum atomic E-state index is 5.14. The van der Waals surface area contributed by atoms with E-state index in [4.69, 9.17) is 4.74 Å². The highest BCUT2D eigenvalue weighted by Gasteiger charge is 2.06. The van der Waals surface area contributed by atoms with Crippen LogP contribution < -0.4 is 5.32 Å². The maximum Gasteiger partial charge on any atom is 0.0758 e. The Kier molecular flexibility index (Phi) is 3.59. The fourth-order valence-electron chi connectivity index (χ4n) is 2.06. The molecule has 90 valence electrons. The number of ether oxygens (including phenoxy) is 1. The van der Waals surface area contributed by atoms with E-state index in [1.807, 2.05) is 14.0 Å². The van der Waals surface area contributed by atoms with Crippen molar-refractivity contribution in [2.45, 2.75) is 13.3 Å². The monoisotopic (exact) mass is 230 g/mol. The predicted octanol–water partition coefficient (Wildman–Crippen LogP) is 2.77. The average Bonchev–Trinajstić information content (AvgIpc) is 2.35. The number of nitrogens with one attached hydrogen (secondary N) is 1. The molecular formula is C14H18N2O. The van der Waals surface area contributed by atoms with Crippen molar-refractivity contribution >= 4 is 16.6 Å². The first-order valence-electron chi connectivity index (χ1n) is 5.82. The molecule has 0 saturated carbocycles. The summed E-state index contributed by atoms with van der Waals surface area (Å²) < 4.78 is 5.14. The normalized spacial score (nSPS) is 10.8. The molecule has 0 saturated heterocycles. The van der Waals surface area contributed by atoms with Gasteiger partial charge in [-0.05, 0) is 25.0 Å². The van der Waals surface area contributed by atoms with Crippen molar-refractivity contribution in [3.05, 3.63) is 35.5 Å². The topological polar surface area (TPSA) is 34.2 Å². The zero-order chi connectivity index (χ0) is 12.3. The van der Waals surface area contributed by atoms with Gasteiger partial charge in [-0.3, -0.25) is 4.98 Å². The van der Waals surface area contributed by atoms with Gasteiger partial charge in [0.25, 0.3) is 0 Å². The molecule has 2 rings (SSSR count). The second-order valence-electron chi connectivity index (χ2n) is 4.12. The average molecular weight is 230 g/mol. The number of methoxy groups -OCH3 is 1. The van der Waals surface area contributed by atoms with E-state index in [2.05, 4.69) is 34.6 Å². The number of fused-ring (bicyclic) bond motifs is 1. The Morgan fingerprint density at radius 3 is 2.88 bits per heavy atom. The van der Waals surface area contributed by atoms with Gasteiger partial charge in [-0.25, -0.2) is 0 Å². The number of para-hydroxylation sites is 1. The van der Waals surface area contributed by atoms with E-state index in [0.717, 1.165) is 29.9 Å². The summed E-state index contributed by atoms with van der Waals surface area (Å²) in [6.07, 6.45) is 0.896. The van der Waals surface area contributed by atoms with Gasteiger partial charge >= 0.3 is 0 Å². The molecule has 0 fully saturated rings. The van der Waals surface area contributed by atoms with Gasteiger partial charge in [-0.1, -0.05) is 18.2 Å². The molecule has 3 heteroatoms. The summed E-state index contributed by atoms with van der Waals surface area (Å²) in [4.78, 5) is 4.64. The Morgan fingerprint density at radius 1 is 1.35 bits per heavy atom. The number of anilines is 1. The summed E-state index contributed by atoms with van der Waals surface area (Å²) in [5, 5.41) is 4.40. The van der Waals surface area contributed by atoms with Crippen molar-refractivity contribution in [1.29, 1.82) is 0 Å². The zero-order valence-electron chi connectivity index (χ0n) is 10.6. The third-order valence-electron chi connectivity index (χ3n) is 2.90. The lowest BCUT2D eigenvalue weighted by atomic mass is 10.1. The number of hydrogen-bond donors (Lipinski definition) is 1. The summed E-state index contributed by atoms with van der Waals surface area (Å²) >= 11 is 0. The Labute approximate surface area is 102 Å². The lowest BCUT2D eigenvalue weighted by molar-refractivity contribution is 0.202. The Bertz CT molecular complexity index is 523. The molecule has 17 heavy (non-hydrogen) atoms. The molecule has 3 nitrogen and oxygen atoms in total. The lowest BCUT2D eigenvalue weighted by Gasteiger charge is -2.10. The van der Waals surface area contributed by atoms with Crippen LogP contribution in [0.1, 0.15) is 11.3 Å². The van der Waals surface area contributed by atoms with Crippen molar-refractivity contribution in [1.82, 2.24) is 4.98 Å². The summed E-state index contributed by atoms with van der Waals surface area (Å²) in [6, 6.07) is 8.37. The molecule has 2 aromatic rings. The Morgan fingerprint density at radius 2 is 2.18 bits per heavy atom. The zero-order valence-corrected chi connectivity index (χ0v) is 10.6. The van der Waals surface area contributed by atoms with Gasteiger partial charge in [0.1, 0.15) is 0 Å². The van der Waals surface area contributed by atoms with Crippen LogP contribution in [0.3, 0.4) is 0 Å². The molecule has 0 radical (unpaired) electrons. The molecule has 1 N–H and O–H groups in total. The Balaban J connectivity index is 2.58. The van der Waals surface area contributed by atoms with Crippen LogP contribution in [0.25, 0.3) is 10.9 Å². The van der Waals surface area contributed by atoms with Crippen molar-refractivity contribution in [2.24, 2.45) is 0 Å². The minimum atomic E-state index is 0.726. The molecule has 0 aliphatic heterocycles. The minimum Gasteiger partial charge on any atom is -0.388 e. The summed E-state index contributed by atoms with van der Waals surface area (Å²) in [5.74, 6) is 0. The van der Waals surface area contributed by atoms with Crippen molar-refractivity contribution < 1.29 is 4.74 Å². The molecule has 0 atom stereocenters. The fourth-order valence-corrected chi connectivity index (χ4v) is 2.06. The number of benzene rings is 1. The van der Waals surface area contributed by atoms with Gasteiger partial charge in [0, 0.05) is 30.9 Å². The summed E-state index contributed by atoms with van der Waals surface area (Å²) in [6.45, 7) is 2.75. The molecule has 0 aliphatic carbocycles. The molecule has 0 spiro atoms. The molecule has 0 unspecified atom stereocenters. The molecule has 0 aliphatic rings. The van der Waals surface area contributed by atoms with Gasteiger partial charge in [-0.2, -0.15) is 0 Å². The largest absolute Gasteiger partial charge is 0.388 e. The number of aromatic nitrogens is 1. The maximum absolute atomic E-state index is 5.14. The van der Waals surface area contributed by atoms with Gasteiger partial charge in [0.05, 0.1) is 12.1 Å². The molecule has 0 amide bonds. The smallest absolute Gasteiger partial charge is 0.0758 e. The van der Waals surface area contributed by atoms with E-state index in [0.29, 0.717) is 0 Å². The molecule has 1 aromatic heterocycles. The highest BCUT2D eigenvalue weighted by molar-refractivity contribution is 5.93. The number of hydrogen-bond acceptors (Lipinski definition) is 3. The van der Waals surface area contributed by atoms with Crippen molar-refractivity contribution in [3.63, 3.8) is 0 Å². The fraction of sp³-hybridized carbons (Fsp3) is 0.357. The number of pyridine rings is 1. The van der Waals surface area contributed by atoms with Crippen LogP contribution in [0.5, 0.6) is 0 Å². The van der Waals surface area contributed by atoms with E-state index in [-0.39, 0.29) is 0 Å². The first-order valence-corrected chi connectivity index (χ1v) is 5.82. The number of aryl methyl sites for hydroxylation is 1. The highest BCUT2D eigenvalue weighted by Crippen LogP contribution is 2.25. The van der Waals surface area contributed by atoms with Gasteiger partial charge in [0.15, 0.2) is 0 Å². The molecular weight excluding hydrogens is 212 g/mol. The summed E-state index contributed by atoms with van der Waals surface area (Å²) in [7, 11) is 3.67. The van der Waals surface area contributed by atoms with Crippen LogP contribution in [0.4, 0.5) is 5.69 Å². The first kappa shape index (κ1) is 11.9. The van der Waals surface area contributed by atoms with E-state index >= 15 is 0 Å². The van der Waals surface area contributed by atoms with E-state index in [1.165, 1.54) is 10.9 Å². The Hall–Kier alpha value is -1.61. The highest BCUT2D eigenvalue weighted by atomic mass is 16.5. The number of rotatable bonds is 4. The molecule has 1 aromatic carbocycles. The third kappa shape index (κ3) is 2.39. The van der Waals surface area contributed by atoms with Crippen molar-refractivity contribution in [3.8, 4) is 0 Å². The summed E-state index contributed by atoms with van der Waals surface area (Å²) in [5.41, 5.74) is 4.48. The van der Waals surface area contributed by atoms with Crippen LogP contribution in [-0.2, 0) is 11.2 Å². The van der Waals surface area contributed by atoms with Crippen LogP contribution in [-0.4, -0.2) is 25.7 Å². The quantitative estimate of drug-likeness (QED) is 0.877. The molecule has 0 bridgehead atoms. The first-order chi connectivity index (χ1) is 8.26. The molecule has 1 heterocycles. The minimum absolute atomic E-state index is 0.726. The van der Waals surface area contributed by atoms with E-state index < -0.39 is 0 Å². The van der Waals surface area contributed by atoms with E-state index in [9.17, 15) is 0 Å². The van der Waals surface area contributed by atoms with E-state index in [1.54, 1.807) is 7.11 Å². The van der Waals surface area contributed by atoms with Crippen LogP contribution in [0.15, 0.2) is 24.3 Å². The predicted molar refractivity (Wildman–Crippen MR) is 71.6 cm³/mol.